The zero-order valence-corrected chi connectivity index (χ0v) is 16.1. The number of anilines is 1. The van der Waals surface area contributed by atoms with Crippen LogP contribution in [0.5, 0.6) is 0 Å². The molecule has 0 saturated carbocycles. The van der Waals surface area contributed by atoms with Crippen LogP contribution in [-0.2, 0) is 13.5 Å². The van der Waals surface area contributed by atoms with Gasteiger partial charge < -0.3 is 15.3 Å². The van der Waals surface area contributed by atoms with Crippen LogP contribution in [0, 0.1) is 5.92 Å². The van der Waals surface area contributed by atoms with Crippen LogP contribution < -0.4 is 5.32 Å². The second-order valence-electron chi connectivity index (χ2n) is 7.55. The van der Waals surface area contributed by atoms with Gasteiger partial charge in [-0.3, -0.25) is 4.68 Å². The number of hydrogen-bond donors (Lipinski definition) is 2. The molecule has 3 aromatic rings. The standard InChI is InChI=1S/C22H26N4O2/c1-25-20-8-7-19(14-18(20)15-23-25)24-22(28)26-11-9-17(10-12-26)21(27)13-16-5-3-2-4-6-16/h2-8,14-15,17,21,27H,9-13H2,1H3,(H,24,28). The molecular weight excluding hydrogens is 352 g/mol. The first-order valence-electron chi connectivity index (χ1n) is 9.80. The smallest absolute Gasteiger partial charge is 0.321 e. The van der Waals surface area contributed by atoms with Gasteiger partial charge in [0.2, 0.25) is 0 Å². The lowest BCUT2D eigenvalue weighted by Gasteiger charge is -2.34. The van der Waals surface area contributed by atoms with Gasteiger partial charge in [-0.05, 0) is 48.9 Å². The van der Waals surface area contributed by atoms with Gasteiger partial charge >= 0.3 is 6.03 Å². The predicted octanol–water partition coefficient (Wildman–Crippen LogP) is 3.42. The molecule has 1 aromatic heterocycles. The van der Waals surface area contributed by atoms with E-state index in [0.717, 1.165) is 35.0 Å². The molecule has 4 rings (SSSR count). The number of likely N-dealkylation sites (tertiary alicyclic amines) is 1. The summed E-state index contributed by atoms with van der Waals surface area (Å²) in [5.74, 6) is 0.232. The molecule has 6 heteroatoms. The van der Waals surface area contributed by atoms with Gasteiger partial charge in [-0.25, -0.2) is 4.79 Å². The lowest BCUT2D eigenvalue weighted by molar-refractivity contribution is 0.0689. The number of aromatic nitrogens is 2. The van der Waals surface area contributed by atoms with Crippen LogP contribution >= 0.6 is 0 Å². The fraction of sp³-hybridized carbons (Fsp3) is 0.364. The number of nitrogens with one attached hydrogen (secondary N) is 1. The maximum atomic E-state index is 12.6. The second kappa shape index (κ2) is 8.02. The minimum atomic E-state index is -0.361. The van der Waals surface area contributed by atoms with Crippen LogP contribution in [0.2, 0.25) is 0 Å². The van der Waals surface area contributed by atoms with Crippen molar-refractivity contribution < 1.29 is 9.90 Å². The molecule has 2 N–H and O–H groups in total. The normalized spacial score (nSPS) is 16.3. The number of urea groups is 1. The van der Waals surface area contributed by atoms with Gasteiger partial charge in [0.1, 0.15) is 0 Å². The lowest BCUT2D eigenvalue weighted by atomic mass is 9.88. The Balaban J connectivity index is 1.30. The molecule has 146 valence electrons. The third-order valence-corrected chi connectivity index (χ3v) is 5.66. The second-order valence-corrected chi connectivity index (χ2v) is 7.55. The first-order chi connectivity index (χ1) is 13.6. The van der Waals surface area contributed by atoms with E-state index in [-0.39, 0.29) is 18.1 Å². The minimum absolute atomic E-state index is 0.0840. The number of rotatable bonds is 4. The molecule has 1 aliphatic rings. The first kappa shape index (κ1) is 18.5. The number of aryl methyl sites for hydroxylation is 1. The molecule has 1 fully saturated rings. The van der Waals surface area contributed by atoms with Gasteiger partial charge in [0, 0.05) is 31.2 Å². The van der Waals surface area contributed by atoms with Crippen molar-refractivity contribution in [3.05, 3.63) is 60.3 Å². The molecular formula is C22H26N4O2. The molecule has 1 saturated heterocycles. The van der Waals surface area contributed by atoms with E-state index in [9.17, 15) is 9.90 Å². The van der Waals surface area contributed by atoms with Crippen LogP contribution in [0.3, 0.4) is 0 Å². The number of hydrogen-bond acceptors (Lipinski definition) is 3. The van der Waals surface area contributed by atoms with E-state index in [1.54, 1.807) is 6.20 Å². The summed E-state index contributed by atoms with van der Waals surface area (Å²) in [5.41, 5.74) is 2.96. The summed E-state index contributed by atoms with van der Waals surface area (Å²) in [6.07, 6.45) is 3.75. The number of amides is 2. The molecule has 28 heavy (non-hydrogen) atoms. The Morgan fingerprint density at radius 1 is 1.21 bits per heavy atom. The van der Waals surface area contributed by atoms with Crippen molar-refractivity contribution >= 4 is 22.6 Å². The summed E-state index contributed by atoms with van der Waals surface area (Å²) in [4.78, 5) is 14.4. The first-order valence-corrected chi connectivity index (χ1v) is 9.80. The zero-order valence-electron chi connectivity index (χ0n) is 16.1. The van der Waals surface area contributed by atoms with Gasteiger partial charge in [-0.15, -0.1) is 0 Å². The molecule has 2 heterocycles. The SMILES string of the molecule is Cn1ncc2cc(NC(=O)N3CCC(C(O)Cc4ccccc4)CC3)ccc21. The molecule has 0 bridgehead atoms. The van der Waals surface area contributed by atoms with E-state index >= 15 is 0 Å². The number of nitrogens with zero attached hydrogens (tertiary/aromatic N) is 3. The Bertz CT molecular complexity index is 946. The largest absolute Gasteiger partial charge is 0.392 e. The van der Waals surface area contributed by atoms with Gasteiger partial charge in [0.05, 0.1) is 17.8 Å². The molecule has 6 nitrogen and oxygen atoms in total. The fourth-order valence-electron chi connectivity index (χ4n) is 3.95. The summed E-state index contributed by atoms with van der Waals surface area (Å²) < 4.78 is 1.81. The summed E-state index contributed by atoms with van der Waals surface area (Å²) in [7, 11) is 1.90. The fourth-order valence-corrected chi connectivity index (χ4v) is 3.95. The van der Waals surface area contributed by atoms with Crippen molar-refractivity contribution in [2.24, 2.45) is 13.0 Å². The highest BCUT2D eigenvalue weighted by Crippen LogP contribution is 2.24. The van der Waals surface area contributed by atoms with Crippen molar-refractivity contribution in [3.8, 4) is 0 Å². The molecule has 1 atom stereocenters. The molecule has 1 aliphatic heterocycles. The number of fused-ring (bicyclic) bond motifs is 1. The summed E-state index contributed by atoms with van der Waals surface area (Å²) in [6.45, 7) is 1.33. The molecule has 2 amide bonds. The van der Waals surface area contributed by atoms with E-state index in [0.29, 0.717) is 19.5 Å². The highest BCUT2D eigenvalue weighted by Gasteiger charge is 2.27. The number of piperidine rings is 1. The molecule has 0 spiro atoms. The summed E-state index contributed by atoms with van der Waals surface area (Å²) >= 11 is 0. The third kappa shape index (κ3) is 4.02. The maximum Gasteiger partial charge on any atom is 0.321 e. The average molecular weight is 378 g/mol. The van der Waals surface area contributed by atoms with E-state index in [4.69, 9.17) is 0 Å². The van der Waals surface area contributed by atoms with Crippen LogP contribution in [-0.4, -0.2) is 45.0 Å². The third-order valence-electron chi connectivity index (χ3n) is 5.66. The van der Waals surface area contributed by atoms with E-state index < -0.39 is 0 Å². The average Bonchev–Trinajstić information content (AvgIpc) is 3.09. The number of carbonyl (C=O) groups is 1. The quantitative estimate of drug-likeness (QED) is 0.731. The van der Waals surface area contributed by atoms with Crippen molar-refractivity contribution in [1.29, 1.82) is 0 Å². The number of carbonyl (C=O) groups excluding carboxylic acids is 1. The van der Waals surface area contributed by atoms with Gasteiger partial charge in [-0.1, -0.05) is 30.3 Å². The molecule has 0 radical (unpaired) electrons. The Morgan fingerprint density at radius 2 is 1.96 bits per heavy atom. The Morgan fingerprint density at radius 3 is 2.71 bits per heavy atom. The van der Waals surface area contributed by atoms with Gasteiger partial charge in [0.15, 0.2) is 0 Å². The highest BCUT2D eigenvalue weighted by molar-refractivity contribution is 5.92. The van der Waals surface area contributed by atoms with Gasteiger partial charge in [-0.2, -0.15) is 5.10 Å². The topological polar surface area (TPSA) is 70.4 Å². The van der Waals surface area contributed by atoms with Crippen LogP contribution in [0.1, 0.15) is 18.4 Å². The van der Waals surface area contributed by atoms with Crippen molar-refractivity contribution in [1.82, 2.24) is 14.7 Å². The van der Waals surface area contributed by atoms with E-state index in [1.165, 1.54) is 0 Å². The Kier molecular flexibility index (Phi) is 5.30. The van der Waals surface area contributed by atoms with E-state index in [1.807, 2.05) is 65.2 Å². The lowest BCUT2D eigenvalue weighted by Crippen LogP contribution is -2.43. The molecule has 2 aromatic carbocycles. The van der Waals surface area contributed by atoms with Crippen molar-refractivity contribution in [2.75, 3.05) is 18.4 Å². The minimum Gasteiger partial charge on any atom is -0.392 e. The van der Waals surface area contributed by atoms with Crippen LogP contribution in [0.15, 0.2) is 54.7 Å². The Hall–Kier alpha value is -2.86. The highest BCUT2D eigenvalue weighted by atomic mass is 16.3. The maximum absolute atomic E-state index is 12.6. The van der Waals surface area contributed by atoms with Crippen LogP contribution in [0.4, 0.5) is 10.5 Å². The predicted molar refractivity (Wildman–Crippen MR) is 110 cm³/mol. The summed E-state index contributed by atoms with van der Waals surface area (Å²) in [6, 6.07) is 15.8. The Labute approximate surface area is 164 Å². The summed E-state index contributed by atoms with van der Waals surface area (Å²) in [5, 5.41) is 18.8. The molecule has 0 aliphatic carbocycles. The number of aliphatic hydroxyl groups excluding tert-OH is 1. The van der Waals surface area contributed by atoms with Crippen molar-refractivity contribution in [2.45, 2.75) is 25.4 Å². The zero-order chi connectivity index (χ0) is 19.5. The van der Waals surface area contributed by atoms with E-state index in [2.05, 4.69) is 10.4 Å². The molecule has 1 unspecified atom stereocenters. The number of benzene rings is 2. The monoisotopic (exact) mass is 378 g/mol. The van der Waals surface area contributed by atoms with Gasteiger partial charge in [0.25, 0.3) is 0 Å². The van der Waals surface area contributed by atoms with Crippen molar-refractivity contribution in [3.63, 3.8) is 0 Å². The number of aliphatic hydroxyl groups is 1. The van der Waals surface area contributed by atoms with Crippen LogP contribution in [0.25, 0.3) is 10.9 Å².